The van der Waals surface area contributed by atoms with E-state index in [4.69, 9.17) is 0 Å². The molecular weight excluding hydrogens is 126 g/mol. The van der Waals surface area contributed by atoms with Gasteiger partial charge in [-0.3, -0.25) is 11.5 Å². The summed E-state index contributed by atoms with van der Waals surface area (Å²) < 4.78 is 0. The van der Waals surface area contributed by atoms with Gasteiger partial charge in [-0.2, -0.15) is 0 Å². The summed E-state index contributed by atoms with van der Waals surface area (Å²) in [5, 5.41) is 0. The monoisotopic (exact) mass is 136 g/mol. The summed E-state index contributed by atoms with van der Waals surface area (Å²) in [7, 11) is 0. The average Bonchev–Trinajstić information content (AvgIpc) is 2.33. The summed E-state index contributed by atoms with van der Waals surface area (Å²) >= 11 is 1.82. The molecule has 3 heteroatoms. The molecule has 0 aliphatic carbocycles. The van der Waals surface area contributed by atoms with Crippen LogP contribution in [0.5, 0.6) is 0 Å². The lowest BCUT2D eigenvalue weighted by Gasteiger charge is -1.98. The minimum atomic E-state index is 1.19. The molecule has 0 aromatic rings. The van der Waals surface area contributed by atoms with Crippen molar-refractivity contribution in [1.82, 2.24) is 0 Å². The molecule has 0 unspecified atom stereocenters. The van der Waals surface area contributed by atoms with Crippen LogP contribution in [0.2, 0.25) is 0 Å². The number of hydrogen-bond acceptors (Lipinski definition) is 1. The molecule has 0 spiro atoms. The van der Waals surface area contributed by atoms with Gasteiger partial charge in [-0.05, 0) is 12.8 Å². The summed E-state index contributed by atoms with van der Waals surface area (Å²) in [5.41, 5.74) is 3.06. The molecule has 0 fully saturated rings. The molecule has 1 aliphatic rings. The molecule has 2 radical (unpaired) electrons. The van der Waals surface area contributed by atoms with E-state index < -0.39 is 0 Å². The predicted octanol–water partition coefficient (Wildman–Crippen LogP) is 2.00. The van der Waals surface area contributed by atoms with Gasteiger partial charge in [0.2, 0.25) is 13.1 Å². The van der Waals surface area contributed by atoms with E-state index >= 15 is 0 Å². The SMILES string of the molecule is CCC1=C(CC)[B]S[B]1. The molecule has 1 rings (SSSR count). The van der Waals surface area contributed by atoms with Crippen LogP contribution in [0.3, 0.4) is 0 Å². The smallest absolute Gasteiger partial charge is 0.208 e. The largest absolute Gasteiger partial charge is 0.256 e. The zero-order chi connectivity index (χ0) is 6.69. The Morgan fingerprint density at radius 2 is 1.56 bits per heavy atom. The Balaban J connectivity index is 2.59. The third-order valence-corrected chi connectivity index (χ3v) is 2.44. The first kappa shape index (κ1) is 7.33. The predicted molar refractivity (Wildman–Crippen MR) is 46.7 cm³/mol. The number of rotatable bonds is 2. The second kappa shape index (κ2) is 3.40. The van der Waals surface area contributed by atoms with Gasteiger partial charge in [0.05, 0.1) is 0 Å². The Hall–Kier alpha value is 0.220. The molecule has 0 N–H and O–H groups in total. The van der Waals surface area contributed by atoms with Crippen molar-refractivity contribution < 1.29 is 0 Å². The maximum Gasteiger partial charge on any atom is 0.208 e. The molecule has 0 amide bonds. The first-order valence-corrected chi connectivity index (χ1v) is 4.36. The molecular formula is C6H10B2S. The third-order valence-electron chi connectivity index (χ3n) is 1.59. The zero-order valence-corrected chi connectivity index (χ0v) is 6.79. The second-order valence-corrected chi connectivity index (χ2v) is 2.87. The van der Waals surface area contributed by atoms with Gasteiger partial charge in [0.15, 0.2) is 0 Å². The molecule has 9 heavy (non-hydrogen) atoms. The molecule has 1 heterocycles. The lowest BCUT2D eigenvalue weighted by atomic mass is 9.78. The summed E-state index contributed by atoms with van der Waals surface area (Å²) in [4.78, 5) is 0. The van der Waals surface area contributed by atoms with Gasteiger partial charge in [0, 0.05) is 0 Å². The average molecular weight is 136 g/mol. The maximum atomic E-state index is 2.25. The lowest BCUT2D eigenvalue weighted by molar-refractivity contribution is 1.11. The highest BCUT2D eigenvalue weighted by atomic mass is 32.2. The Kier molecular flexibility index (Phi) is 2.77. The van der Waals surface area contributed by atoms with Gasteiger partial charge in [-0.15, -0.1) is 10.9 Å². The maximum absolute atomic E-state index is 2.25. The van der Waals surface area contributed by atoms with E-state index in [1.54, 1.807) is 0 Å². The molecule has 0 bridgehead atoms. The molecule has 0 saturated carbocycles. The minimum Gasteiger partial charge on any atom is -0.256 e. The normalized spacial score (nSPS) is 17.6. The molecule has 0 atom stereocenters. The van der Waals surface area contributed by atoms with Gasteiger partial charge in [-0.1, -0.05) is 13.8 Å². The summed E-state index contributed by atoms with van der Waals surface area (Å²) in [6, 6.07) is 0. The topological polar surface area (TPSA) is 0 Å². The second-order valence-electron chi connectivity index (χ2n) is 2.13. The van der Waals surface area contributed by atoms with Crippen LogP contribution in [0.1, 0.15) is 26.7 Å². The molecule has 0 aromatic heterocycles. The van der Waals surface area contributed by atoms with Crippen LogP contribution in [0.15, 0.2) is 10.9 Å². The standard InChI is InChI=1S/C6H10B2S/c1-3-5-6(4-2)8-9-7-5/h3-4H2,1-2H3. The van der Waals surface area contributed by atoms with Gasteiger partial charge in [0.1, 0.15) is 0 Å². The fraction of sp³-hybridized carbons (Fsp3) is 0.667. The van der Waals surface area contributed by atoms with E-state index in [0.29, 0.717) is 0 Å². The van der Waals surface area contributed by atoms with Crippen LogP contribution in [0.25, 0.3) is 0 Å². The Labute approximate surface area is 62.8 Å². The van der Waals surface area contributed by atoms with E-state index in [1.165, 1.54) is 23.8 Å². The quantitative estimate of drug-likeness (QED) is 0.523. The van der Waals surface area contributed by atoms with Crippen molar-refractivity contribution in [3.05, 3.63) is 10.9 Å². The number of allylic oxidation sites excluding steroid dienone is 2. The van der Waals surface area contributed by atoms with Crippen LogP contribution in [-0.4, -0.2) is 13.1 Å². The molecule has 0 aromatic carbocycles. The van der Waals surface area contributed by atoms with E-state index in [-0.39, 0.29) is 0 Å². The van der Waals surface area contributed by atoms with E-state index in [2.05, 4.69) is 27.0 Å². The van der Waals surface area contributed by atoms with Crippen LogP contribution in [-0.2, 0) is 0 Å². The van der Waals surface area contributed by atoms with E-state index in [9.17, 15) is 0 Å². The van der Waals surface area contributed by atoms with Gasteiger partial charge in [-0.25, -0.2) is 0 Å². The van der Waals surface area contributed by atoms with E-state index in [0.717, 1.165) is 0 Å². The highest BCUT2D eigenvalue weighted by Gasteiger charge is 2.13. The van der Waals surface area contributed by atoms with Crippen LogP contribution >= 0.6 is 11.5 Å². The summed E-state index contributed by atoms with van der Waals surface area (Å²) in [6.07, 6.45) is 2.37. The highest BCUT2D eigenvalue weighted by molar-refractivity contribution is 8.42. The van der Waals surface area contributed by atoms with Crippen molar-refractivity contribution in [2.24, 2.45) is 0 Å². The van der Waals surface area contributed by atoms with Crippen molar-refractivity contribution in [2.45, 2.75) is 26.7 Å². The molecule has 0 nitrogen and oxygen atoms in total. The van der Waals surface area contributed by atoms with Crippen molar-refractivity contribution in [3.8, 4) is 0 Å². The van der Waals surface area contributed by atoms with Gasteiger partial charge >= 0.3 is 0 Å². The summed E-state index contributed by atoms with van der Waals surface area (Å²) in [6.45, 7) is 8.92. The van der Waals surface area contributed by atoms with Crippen molar-refractivity contribution in [1.29, 1.82) is 0 Å². The highest BCUT2D eigenvalue weighted by Crippen LogP contribution is 2.23. The first-order valence-electron chi connectivity index (χ1n) is 3.42. The fourth-order valence-electron chi connectivity index (χ4n) is 0.970. The van der Waals surface area contributed by atoms with Crippen molar-refractivity contribution in [2.75, 3.05) is 0 Å². The zero-order valence-electron chi connectivity index (χ0n) is 5.98. The van der Waals surface area contributed by atoms with Crippen molar-refractivity contribution in [3.63, 3.8) is 0 Å². The Morgan fingerprint density at radius 3 is 1.89 bits per heavy atom. The van der Waals surface area contributed by atoms with Crippen LogP contribution in [0, 0.1) is 0 Å². The minimum absolute atomic E-state index is 1.19. The fourth-order valence-corrected chi connectivity index (χ4v) is 2.00. The van der Waals surface area contributed by atoms with Gasteiger partial charge in [0.25, 0.3) is 0 Å². The Morgan fingerprint density at radius 1 is 1.11 bits per heavy atom. The van der Waals surface area contributed by atoms with Gasteiger partial charge < -0.3 is 0 Å². The first-order chi connectivity index (χ1) is 4.38. The van der Waals surface area contributed by atoms with Crippen molar-refractivity contribution >= 4 is 24.6 Å². The van der Waals surface area contributed by atoms with E-state index in [1.807, 2.05) is 11.5 Å². The lowest BCUT2D eigenvalue weighted by Crippen LogP contribution is -1.88. The van der Waals surface area contributed by atoms with Crippen LogP contribution in [0.4, 0.5) is 0 Å². The molecule has 0 saturated heterocycles. The third kappa shape index (κ3) is 1.57. The van der Waals surface area contributed by atoms with Crippen LogP contribution < -0.4 is 0 Å². The molecule has 46 valence electrons. The molecule has 1 aliphatic heterocycles. The summed E-state index contributed by atoms with van der Waals surface area (Å²) in [5.74, 6) is 0. The number of hydrogen-bond donors (Lipinski definition) is 0. The Bertz CT molecular complexity index is 117.